The lowest BCUT2D eigenvalue weighted by Gasteiger charge is -2.31. The predicted molar refractivity (Wildman–Crippen MR) is 83.8 cm³/mol. The standard InChI is InChI=1S/C15H18N2OS2/c1-10-5-7-19-13(10)15(18)17-6-3-4-12(9-17)14-16-8-11(2)20-14/h5,7-8,12H,3-4,6,9H2,1-2H3. The second kappa shape index (κ2) is 5.66. The van der Waals surface area contributed by atoms with Crippen LogP contribution in [0.4, 0.5) is 0 Å². The normalized spacial score (nSPS) is 19.3. The molecule has 0 aliphatic carbocycles. The number of hydrogen-bond acceptors (Lipinski definition) is 4. The zero-order chi connectivity index (χ0) is 14.1. The number of likely N-dealkylation sites (tertiary alicyclic amines) is 1. The highest BCUT2D eigenvalue weighted by atomic mass is 32.1. The molecule has 3 heterocycles. The van der Waals surface area contributed by atoms with Crippen molar-refractivity contribution in [2.45, 2.75) is 32.6 Å². The van der Waals surface area contributed by atoms with Gasteiger partial charge in [-0.1, -0.05) is 0 Å². The lowest BCUT2D eigenvalue weighted by molar-refractivity contribution is 0.0711. The van der Waals surface area contributed by atoms with Crippen LogP contribution in [0.1, 0.15) is 43.9 Å². The maximum Gasteiger partial charge on any atom is 0.264 e. The summed E-state index contributed by atoms with van der Waals surface area (Å²) in [5.41, 5.74) is 1.09. The van der Waals surface area contributed by atoms with Crippen LogP contribution in [0, 0.1) is 13.8 Å². The number of carbonyl (C=O) groups excluding carboxylic acids is 1. The fourth-order valence-corrected chi connectivity index (χ4v) is 4.45. The quantitative estimate of drug-likeness (QED) is 0.844. The number of thiazole rings is 1. The topological polar surface area (TPSA) is 33.2 Å². The smallest absolute Gasteiger partial charge is 0.264 e. The van der Waals surface area contributed by atoms with E-state index in [1.807, 2.05) is 29.5 Å². The third kappa shape index (κ3) is 2.65. The minimum Gasteiger partial charge on any atom is -0.337 e. The van der Waals surface area contributed by atoms with E-state index in [1.165, 1.54) is 9.88 Å². The van der Waals surface area contributed by atoms with Crippen molar-refractivity contribution in [2.75, 3.05) is 13.1 Å². The molecular formula is C15H18N2OS2. The van der Waals surface area contributed by atoms with Gasteiger partial charge in [0.05, 0.1) is 9.88 Å². The van der Waals surface area contributed by atoms with Gasteiger partial charge in [-0.05, 0) is 43.7 Å². The lowest BCUT2D eigenvalue weighted by Crippen LogP contribution is -2.39. The van der Waals surface area contributed by atoms with Crippen molar-refractivity contribution < 1.29 is 4.79 Å². The van der Waals surface area contributed by atoms with E-state index in [4.69, 9.17) is 0 Å². The van der Waals surface area contributed by atoms with Gasteiger partial charge < -0.3 is 4.90 Å². The molecule has 20 heavy (non-hydrogen) atoms. The molecule has 2 aromatic rings. The molecule has 1 saturated heterocycles. The summed E-state index contributed by atoms with van der Waals surface area (Å²) < 4.78 is 0. The van der Waals surface area contributed by atoms with Crippen LogP contribution in [0.15, 0.2) is 17.6 Å². The van der Waals surface area contributed by atoms with Crippen molar-refractivity contribution in [3.63, 3.8) is 0 Å². The summed E-state index contributed by atoms with van der Waals surface area (Å²) in [6, 6.07) is 2.02. The highest BCUT2D eigenvalue weighted by Crippen LogP contribution is 2.31. The Hall–Kier alpha value is -1.20. The molecule has 1 unspecified atom stereocenters. The molecule has 3 nitrogen and oxygen atoms in total. The van der Waals surface area contributed by atoms with E-state index in [1.54, 1.807) is 22.7 Å². The van der Waals surface area contributed by atoms with Gasteiger partial charge in [-0.25, -0.2) is 4.98 Å². The van der Waals surface area contributed by atoms with E-state index in [2.05, 4.69) is 11.9 Å². The number of nitrogens with zero attached hydrogens (tertiary/aromatic N) is 2. The Bertz CT molecular complexity index is 617. The Balaban J connectivity index is 1.75. The number of hydrogen-bond donors (Lipinski definition) is 0. The molecule has 5 heteroatoms. The molecule has 0 saturated carbocycles. The molecule has 0 bridgehead atoms. The summed E-state index contributed by atoms with van der Waals surface area (Å²) >= 11 is 3.31. The maximum atomic E-state index is 12.6. The van der Waals surface area contributed by atoms with Crippen molar-refractivity contribution in [3.05, 3.63) is 38.0 Å². The molecule has 0 radical (unpaired) electrons. The number of piperidine rings is 1. The number of rotatable bonds is 2. The van der Waals surface area contributed by atoms with Crippen molar-refractivity contribution in [2.24, 2.45) is 0 Å². The van der Waals surface area contributed by atoms with Crippen LogP contribution in [-0.4, -0.2) is 28.9 Å². The zero-order valence-corrected chi connectivity index (χ0v) is 13.4. The third-order valence-electron chi connectivity index (χ3n) is 3.75. The maximum absolute atomic E-state index is 12.6. The Morgan fingerprint density at radius 2 is 2.30 bits per heavy atom. The number of amides is 1. The van der Waals surface area contributed by atoms with Crippen molar-refractivity contribution >= 4 is 28.6 Å². The summed E-state index contributed by atoms with van der Waals surface area (Å²) in [7, 11) is 0. The summed E-state index contributed by atoms with van der Waals surface area (Å²) in [6.45, 7) is 5.78. The fraction of sp³-hybridized carbons (Fsp3) is 0.467. The predicted octanol–water partition coefficient (Wildman–Crippen LogP) is 3.84. The molecule has 3 rings (SSSR count). The van der Waals surface area contributed by atoms with Crippen LogP contribution in [-0.2, 0) is 0 Å². The first-order valence-corrected chi connectivity index (χ1v) is 8.60. The van der Waals surface area contributed by atoms with Crippen LogP contribution in [0.2, 0.25) is 0 Å². The molecular weight excluding hydrogens is 288 g/mol. The van der Waals surface area contributed by atoms with Gasteiger partial charge >= 0.3 is 0 Å². The van der Waals surface area contributed by atoms with Gasteiger partial charge in [0.25, 0.3) is 5.91 Å². The van der Waals surface area contributed by atoms with Gasteiger partial charge in [0.15, 0.2) is 0 Å². The third-order valence-corrected chi connectivity index (χ3v) is 5.83. The van der Waals surface area contributed by atoms with Crippen LogP contribution < -0.4 is 0 Å². The summed E-state index contributed by atoms with van der Waals surface area (Å²) in [5, 5.41) is 3.18. The van der Waals surface area contributed by atoms with E-state index in [-0.39, 0.29) is 5.91 Å². The SMILES string of the molecule is Cc1cnc(C2CCCN(C(=O)c3sccc3C)C2)s1. The molecule has 2 aromatic heterocycles. The van der Waals surface area contributed by atoms with Gasteiger partial charge in [-0.2, -0.15) is 0 Å². The second-order valence-electron chi connectivity index (χ2n) is 5.33. The Morgan fingerprint density at radius 3 is 2.95 bits per heavy atom. The molecule has 1 atom stereocenters. The first kappa shape index (κ1) is 13.8. The Kier molecular flexibility index (Phi) is 3.89. The van der Waals surface area contributed by atoms with E-state index >= 15 is 0 Å². The van der Waals surface area contributed by atoms with Gasteiger partial charge in [0.1, 0.15) is 0 Å². The highest BCUT2D eigenvalue weighted by Gasteiger charge is 2.28. The number of aromatic nitrogens is 1. The number of carbonyl (C=O) groups is 1. The molecule has 1 fully saturated rings. The highest BCUT2D eigenvalue weighted by molar-refractivity contribution is 7.12. The summed E-state index contributed by atoms with van der Waals surface area (Å²) in [5.74, 6) is 0.599. The van der Waals surface area contributed by atoms with Crippen molar-refractivity contribution in [1.82, 2.24) is 9.88 Å². The van der Waals surface area contributed by atoms with Crippen molar-refractivity contribution in [1.29, 1.82) is 0 Å². The number of thiophene rings is 1. The first-order chi connectivity index (χ1) is 9.65. The second-order valence-corrected chi connectivity index (χ2v) is 7.51. The molecule has 106 valence electrons. The van der Waals surface area contributed by atoms with Gasteiger partial charge in [0, 0.05) is 30.1 Å². The minimum absolute atomic E-state index is 0.190. The Labute approximate surface area is 127 Å². The summed E-state index contributed by atoms with van der Waals surface area (Å²) in [4.78, 5) is 21.2. The van der Waals surface area contributed by atoms with Crippen molar-refractivity contribution in [3.8, 4) is 0 Å². The van der Waals surface area contributed by atoms with Gasteiger partial charge in [-0.3, -0.25) is 4.79 Å². The van der Waals surface area contributed by atoms with Gasteiger partial charge in [0.2, 0.25) is 0 Å². The molecule has 1 aliphatic rings. The molecule has 0 spiro atoms. The minimum atomic E-state index is 0.190. The monoisotopic (exact) mass is 306 g/mol. The van der Waals surface area contributed by atoms with Crippen LogP contribution in [0.5, 0.6) is 0 Å². The lowest BCUT2D eigenvalue weighted by atomic mass is 9.98. The van der Waals surface area contributed by atoms with Crippen LogP contribution in [0.3, 0.4) is 0 Å². The van der Waals surface area contributed by atoms with E-state index in [0.29, 0.717) is 5.92 Å². The van der Waals surface area contributed by atoms with Gasteiger partial charge in [-0.15, -0.1) is 22.7 Å². The Morgan fingerprint density at radius 1 is 1.45 bits per heavy atom. The number of aryl methyl sites for hydroxylation is 2. The van der Waals surface area contributed by atoms with Crippen LogP contribution >= 0.6 is 22.7 Å². The molecule has 0 N–H and O–H groups in total. The van der Waals surface area contributed by atoms with Crippen LogP contribution in [0.25, 0.3) is 0 Å². The average molecular weight is 306 g/mol. The largest absolute Gasteiger partial charge is 0.337 e. The summed E-state index contributed by atoms with van der Waals surface area (Å²) in [6.07, 6.45) is 4.14. The first-order valence-electron chi connectivity index (χ1n) is 6.91. The molecule has 1 amide bonds. The fourth-order valence-electron chi connectivity index (χ4n) is 2.66. The molecule has 1 aliphatic heterocycles. The zero-order valence-electron chi connectivity index (χ0n) is 11.8. The van der Waals surface area contributed by atoms with E-state index in [0.717, 1.165) is 36.4 Å². The van der Waals surface area contributed by atoms with E-state index < -0.39 is 0 Å². The van der Waals surface area contributed by atoms with E-state index in [9.17, 15) is 4.79 Å². The molecule has 0 aromatic carbocycles. The average Bonchev–Trinajstić information content (AvgIpc) is 3.07.